The molecule has 0 saturated carbocycles. The maximum absolute atomic E-state index is 13.3. The zero-order valence-electron chi connectivity index (χ0n) is 14.9. The van der Waals surface area contributed by atoms with E-state index in [1.165, 1.54) is 25.5 Å². The van der Waals surface area contributed by atoms with Gasteiger partial charge in [0.05, 0.1) is 12.7 Å². The quantitative estimate of drug-likeness (QED) is 0.410. The Balaban J connectivity index is 0.00000225. The lowest BCUT2D eigenvalue weighted by molar-refractivity contribution is -0.0453. The van der Waals surface area contributed by atoms with Gasteiger partial charge in [0.15, 0.2) is 5.96 Å². The van der Waals surface area contributed by atoms with Crippen LogP contribution in [0.1, 0.15) is 24.0 Å². The second kappa shape index (κ2) is 9.68. The molecular formula is C18H28FIN4O. The molecule has 0 bridgehead atoms. The van der Waals surface area contributed by atoms with Crippen molar-refractivity contribution in [2.24, 2.45) is 4.99 Å². The molecule has 0 aromatic heterocycles. The smallest absolute Gasteiger partial charge is 0.191 e. The number of hydrogen-bond acceptors (Lipinski definition) is 3. The van der Waals surface area contributed by atoms with Crippen molar-refractivity contribution in [1.82, 2.24) is 15.5 Å². The molecule has 1 aromatic carbocycles. The number of aliphatic imine (C=N–C) groups is 1. The highest BCUT2D eigenvalue weighted by molar-refractivity contribution is 14.0. The number of guanidine groups is 1. The molecule has 2 heterocycles. The van der Waals surface area contributed by atoms with E-state index in [1.807, 2.05) is 6.07 Å². The van der Waals surface area contributed by atoms with Crippen LogP contribution in [0, 0.1) is 12.7 Å². The molecule has 2 saturated heterocycles. The number of nitrogens with zero attached hydrogens (tertiary/aromatic N) is 2. The van der Waals surface area contributed by atoms with Crippen molar-refractivity contribution in [1.29, 1.82) is 0 Å². The molecule has 0 spiro atoms. The summed E-state index contributed by atoms with van der Waals surface area (Å²) in [4.78, 5) is 6.78. The third-order valence-corrected chi connectivity index (χ3v) is 4.86. The average Bonchev–Trinajstić information content (AvgIpc) is 3.06. The van der Waals surface area contributed by atoms with Gasteiger partial charge >= 0.3 is 0 Å². The second-order valence-corrected chi connectivity index (χ2v) is 6.64. The van der Waals surface area contributed by atoms with Gasteiger partial charge in [-0.15, -0.1) is 24.0 Å². The van der Waals surface area contributed by atoms with Crippen molar-refractivity contribution < 1.29 is 9.13 Å². The Kier molecular flexibility index (Phi) is 7.89. The minimum absolute atomic E-state index is 0. The summed E-state index contributed by atoms with van der Waals surface area (Å²) >= 11 is 0. The van der Waals surface area contributed by atoms with Crippen molar-refractivity contribution in [2.45, 2.75) is 38.5 Å². The van der Waals surface area contributed by atoms with Crippen LogP contribution in [-0.2, 0) is 11.3 Å². The molecule has 2 fully saturated rings. The fraction of sp³-hybridized carbons (Fsp3) is 0.611. The molecule has 2 aliphatic rings. The van der Waals surface area contributed by atoms with E-state index in [1.54, 1.807) is 20.0 Å². The van der Waals surface area contributed by atoms with E-state index < -0.39 is 0 Å². The summed E-state index contributed by atoms with van der Waals surface area (Å²) in [6, 6.07) is 5.78. The van der Waals surface area contributed by atoms with Gasteiger partial charge in [-0.1, -0.05) is 12.1 Å². The highest BCUT2D eigenvalue weighted by Gasteiger charge is 2.32. The highest BCUT2D eigenvalue weighted by Crippen LogP contribution is 2.22. The molecule has 5 nitrogen and oxygen atoms in total. The third kappa shape index (κ3) is 5.52. The molecule has 1 aromatic rings. The number of nitrogens with one attached hydrogen (secondary N) is 2. The fourth-order valence-electron chi connectivity index (χ4n) is 3.44. The third-order valence-electron chi connectivity index (χ3n) is 4.86. The summed E-state index contributed by atoms with van der Waals surface area (Å²) in [7, 11) is 1.75. The zero-order chi connectivity index (χ0) is 16.9. The average molecular weight is 462 g/mol. The van der Waals surface area contributed by atoms with Crippen molar-refractivity contribution in [3.05, 3.63) is 35.1 Å². The number of morpholine rings is 1. The van der Waals surface area contributed by atoms with Crippen molar-refractivity contribution in [3.8, 4) is 0 Å². The first-order chi connectivity index (χ1) is 11.7. The Bertz CT molecular complexity index is 598. The summed E-state index contributed by atoms with van der Waals surface area (Å²) in [5.41, 5.74) is 1.69. The summed E-state index contributed by atoms with van der Waals surface area (Å²) in [6.45, 7) is 6.16. The Morgan fingerprint density at radius 3 is 3.00 bits per heavy atom. The highest BCUT2D eigenvalue weighted by atomic mass is 127. The van der Waals surface area contributed by atoms with Gasteiger partial charge in [0.1, 0.15) is 5.82 Å². The molecule has 2 atom stereocenters. The normalized spacial score (nSPS) is 23.7. The molecular weight excluding hydrogens is 434 g/mol. The van der Waals surface area contributed by atoms with Crippen LogP contribution in [0.5, 0.6) is 0 Å². The van der Waals surface area contributed by atoms with E-state index in [2.05, 4.69) is 20.5 Å². The summed E-state index contributed by atoms with van der Waals surface area (Å²) in [5, 5.41) is 6.59. The maximum Gasteiger partial charge on any atom is 0.191 e. The summed E-state index contributed by atoms with van der Waals surface area (Å²) in [6.07, 6.45) is 2.75. The van der Waals surface area contributed by atoms with Gasteiger partial charge in [-0.05, 0) is 43.5 Å². The monoisotopic (exact) mass is 462 g/mol. The maximum atomic E-state index is 13.3. The lowest BCUT2D eigenvalue weighted by Crippen LogP contribution is -2.51. The molecule has 2 unspecified atom stereocenters. The number of fused-ring (bicyclic) bond motifs is 1. The van der Waals surface area contributed by atoms with Gasteiger partial charge in [0, 0.05) is 32.7 Å². The van der Waals surface area contributed by atoms with E-state index in [0.717, 1.165) is 31.2 Å². The predicted molar refractivity (Wildman–Crippen MR) is 109 cm³/mol. The number of aryl methyl sites for hydroxylation is 1. The number of benzene rings is 1. The predicted octanol–water partition coefficient (Wildman–Crippen LogP) is 2.28. The first-order valence-corrected chi connectivity index (χ1v) is 8.71. The van der Waals surface area contributed by atoms with E-state index in [0.29, 0.717) is 18.2 Å². The zero-order valence-corrected chi connectivity index (χ0v) is 17.3. The van der Waals surface area contributed by atoms with E-state index in [-0.39, 0.29) is 35.9 Å². The second-order valence-electron chi connectivity index (χ2n) is 6.64. The molecule has 140 valence electrons. The minimum Gasteiger partial charge on any atom is -0.373 e. The molecule has 2 N–H and O–H groups in total. The molecule has 7 heteroatoms. The molecule has 25 heavy (non-hydrogen) atoms. The minimum atomic E-state index is -0.170. The molecule has 0 aliphatic carbocycles. The van der Waals surface area contributed by atoms with Crippen LogP contribution in [0.2, 0.25) is 0 Å². The van der Waals surface area contributed by atoms with E-state index in [4.69, 9.17) is 4.74 Å². The Morgan fingerprint density at radius 1 is 1.40 bits per heavy atom. The van der Waals surface area contributed by atoms with Gasteiger partial charge < -0.3 is 15.4 Å². The lowest BCUT2D eigenvalue weighted by Gasteiger charge is -2.35. The van der Waals surface area contributed by atoms with Gasteiger partial charge in [-0.3, -0.25) is 9.89 Å². The SMILES string of the molecule is CN=C(NCc1ccc(F)c(C)c1)NCC1CN2CCCC2CO1.I. The van der Waals surface area contributed by atoms with Crippen LogP contribution >= 0.6 is 24.0 Å². The standard InChI is InChI=1S/C18H27FN4O.HI/c1-13-8-14(5-6-17(13)19)9-21-18(20-2)22-10-16-11-23-7-3-4-15(23)12-24-16;/h5-6,8,15-16H,3-4,7,9-12H2,1-2H3,(H2,20,21,22);1H. The van der Waals surface area contributed by atoms with E-state index in [9.17, 15) is 4.39 Å². The van der Waals surface area contributed by atoms with Crippen LogP contribution < -0.4 is 10.6 Å². The Morgan fingerprint density at radius 2 is 2.24 bits per heavy atom. The Hall–Kier alpha value is -0.930. The largest absolute Gasteiger partial charge is 0.373 e. The number of hydrogen-bond donors (Lipinski definition) is 2. The van der Waals surface area contributed by atoms with E-state index >= 15 is 0 Å². The molecule has 0 radical (unpaired) electrons. The number of halogens is 2. The molecule has 3 rings (SSSR count). The van der Waals surface area contributed by atoms with Gasteiger partial charge in [-0.25, -0.2) is 4.39 Å². The van der Waals surface area contributed by atoms with Crippen LogP contribution in [0.3, 0.4) is 0 Å². The van der Waals surface area contributed by atoms with Crippen molar-refractivity contribution in [3.63, 3.8) is 0 Å². The Labute approximate surface area is 166 Å². The molecule has 2 aliphatic heterocycles. The number of ether oxygens (including phenoxy) is 1. The van der Waals surface area contributed by atoms with Gasteiger partial charge in [0.25, 0.3) is 0 Å². The van der Waals surface area contributed by atoms with Crippen LogP contribution in [0.25, 0.3) is 0 Å². The van der Waals surface area contributed by atoms with Crippen LogP contribution in [-0.4, -0.2) is 56.3 Å². The van der Waals surface area contributed by atoms with Crippen LogP contribution in [0.15, 0.2) is 23.2 Å². The van der Waals surface area contributed by atoms with Crippen LogP contribution in [0.4, 0.5) is 4.39 Å². The lowest BCUT2D eigenvalue weighted by atomic mass is 10.1. The van der Waals surface area contributed by atoms with Gasteiger partial charge in [-0.2, -0.15) is 0 Å². The van der Waals surface area contributed by atoms with Crippen molar-refractivity contribution in [2.75, 3.05) is 33.3 Å². The summed E-state index contributed by atoms with van der Waals surface area (Å²) < 4.78 is 19.3. The van der Waals surface area contributed by atoms with Crippen molar-refractivity contribution >= 4 is 29.9 Å². The molecule has 0 amide bonds. The first-order valence-electron chi connectivity index (χ1n) is 8.71. The van der Waals surface area contributed by atoms with Gasteiger partial charge in [0.2, 0.25) is 0 Å². The number of rotatable bonds is 4. The first kappa shape index (κ1) is 20.4. The topological polar surface area (TPSA) is 48.9 Å². The summed E-state index contributed by atoms with van der Waals surface area (Å²) in [5.74, 6) is 0.569. The fourth-order valence-corrected chi connectivity index (χ4v) is 3.44.